The van der Waals surface area contributed by atoms with E-state index in [1.54, 1.807) is 0 Å². The Kier molecular flexibility index (Phi) is 6.17. The van der Waals surface area contributed by atoms with Crippen LogP contribution in [0.4, 0.5) is 0 Å². The first kappa shape index (κ1) is 20.9. The van der Waals surface area contributed by atoms with Crippen molar-refractivity contribution in [3.63, 3.8) is 0 Å². The highest BCUT2D eigenvalue weighted by Crippen LogP contribution is 2.36. The van der Waals surface area contributed by atoms with Gasteiger partial charge in [-0.3, -0.25) is 9.58 Å². The van der Waals surface area contributed by atoms with E-state index in [-0.39, 0.29) is 16.2 Å². The Morgan fingerprint density at radius 2 is 1.89 bits per heavy atom. The number of nitrogens with zero attached hydrogens (tertiary/aromatic N) is 5. The molecule has 1 N–H and O–H groups in total. The second-order valence-electron chi connectivity index (χ2n) is 7.84. The lowest BCUT2D eigenvalue weighted by molar-refractivity contribution is 0.311. The van der Waals surface area contributed by atoms with Crippen molar-refractivity contribution in [2.45, 2.75) is 39.8 Å². The Balaban J connectivity index is 1.71. The molecule has 0 amide bonds. The topological polar surface area (TPSA) is 67.1 Å². The van der Waals surface area contributed by atoms with Gasteiger partial charge in [0.25, 0.3) is 0 Å². The summed E-state index contributed by atoms with van der Waals surface area (Å²) in [5.41, 5.74) is 2.03. The van der Waals surface area contributed by atoms with E-state index in [4.69, 9.17) is 31.0 Å². The van der Waals surface area contributed by atoms with E-state index in [0.717, 1.165) is 11.4 Å². The molecule has 2 aromatic heterocycles. The minimum absolute atomic E-state index is 0.0313. The summed E-state index contributed by atoms with van der Waals surface area (Å²) in [6.07, 6.45) is 2.52. The highest BCUT2D eigenvalue weighted by Gasteiger charge is 2.17. The van der Waals surface area contributed by atoms with Crippen molar-refractivity contribution in [1.29, 1.82) is 0 Å². The van der Waals surface area contributed by atoms with Crippen molar-refractivity contribution in [2.75, 3.05) is 7.05 Å². The van der Waals surface area contributed by atoms with Crippen LogP contribution in [0.1, 0.15) is 25.2 Å². The van der Waals surface area contributed by atoms with Crippen LogP contribution in [-0.2, 0) is 19.6 Å². The average Bonchev–Trinajstić information content (AvgIpc) is 3.05. The van der Waals surface area contributed by atoms with Crippen LogP contribution in [0.3, 0.4) is 0 Å². The Morgan fingerprint density at radius 1 is 1.18 bits per heavy atom. The highest BCUT2D eigenvalue weighted by molar-refractivity contribution is 6.39. The van der Waals surface area contributed by atoms with Crippen molar-refractivity contribution in [3.8, 4) is 5.75 Å². The van der Waals surface area contributed by atoms with Crippen molar-refractivity contribution in [2.24, 2.45) is 5.41 Å². The molecule has 9 heteroatoms. The zero-order valence-electron chi connectivity index (χ0n) is 16.2. The number of benzene rings is 1. The average molecular weight is 418 g/mol. The number of pyridine rings is 1. The van der Waals surface area contributed by atoms with Gasteiger partial charge in [-0.25, -0.2) is 4.98 Å². The summed E-state index contributed by atoms with van der Waals surface area (Å²) in [6, 6.07) is 5.25. The number of fused-ring (bicyclic) bond motifs is 1. The number of hydrogen-bond acceptors (Lipinski definition) is 5. The summed E-state index contributed by atoms with van der Waals surface area (Å²) in [7, 11) is 7.76. The van der Waals surface area contributed by atoms with Crippen LogP contribution in [0.2, 0.25) is 16.4 Å². The summed E-state index contributed by atoms with van der Waals surface area (Å²) in [5, 5.41) is 19.9. The molecule has 2 heterocycles. The van der Waals surface area contributed by atoms with Crippen LogP contribution in [0.25, 0.3) is 10.9 Å². The largest absolute Gasteiger partial charge is 0.504 e. The van der Waals surface area contributed by atoms with Crippen molar-refractivity contribution in [3.05, 3.63) is 45.8 Å². The zero-order chi connectivity index (χ0) is 20.5. The van der Waals surface area contributed by atoms with E-state index in [0.29, 0.717) is 41.9 Å². The molecule has 0 aliphatic rings. The lowest BCUT2D eigenvalue weighted by Gasteiger charge is -2.22. The molecule has 28 heavy (non-hydrogen) atoms. The van der Waals surface area contributed by atoms with E-state index in [1.807, 2.05) is 30.1 Å². The lowest BCUT2D eigenvalue weighted by atomic mass is 9.79. The van der Waals surface area contributed by atoms with Gasteiger partial charge >= 0.3 is 0 Å². The summed E-state index contributed by atoms with van der Waals surface area (Å²) in [5.74, 6) is -0.0592. The first-order valence-electron chi connectivity index (χ1n) is 8.93. The molecule has 0 unspecified atom stereocenters. The zero-order valence-corrected chi connectivity index (χ0v) is 17.7. The molecule has 3 aromatic rings. The third-order valence-electron chi connectivity index (χ3n) is 4.51. The van der Waals surface area contributed by atoms with E-state index in [2.05, 4.69) is 34.0 Å². The predicted molar refractivity (Wildman–Crippen MR) is 113 cm³/mol. The quantitative estimate of drug-likeness (QED) is 0.586. The highest BCUT2D eigenvalue weighted by atomic mass is 35.5. The third kappa shape index (κ3) is 4.77. The molecule has 6 nitrogen and oxygen atoms in total. The molecular formula is C19H22BCl2N5O. The Labute approximate surface area is 175 Å². The molecule has 0 aliphatic carbocycles. The fourth-order valence-electron chi connectivity index (χ4n) is 2.93. The van der Waals surface area contributed by atoms with Gasteiger partial charge in [-0.2, -0.15) is 0 Å². The van der Waals surface area contributed by atoms with E-state index in [1.165, 1.54) is 6.07 Å². The van der Waals surface area contributed by atoms with Crippen molar-refractivity contribution in [1.82, 2.24) is 24.9 Å². The molecule has 3 rings (SSSR count). The second kappa shape index (κ2) is 8.27. The summed E-state index contributed by atoms with van der Waals surface area (Å²) >= 11 is 12.2. The number of aromatic nitrogens is 4. The minimum Gasteiger partial charge on any atom is -0.504 e. The standard InChI is InChI=1S/C19H22BCl2N5O/c1-19(2,10-20)11-27-9-13(24-25-27)8-26(3)7-12-4-5-14-15(21)6-16(22)18(28)17(14)23-12/h4-6,9,28H,7-8,10-11H2,1-3H3. The number of rotatable bonds is 7. The van der Waals surface area contributed by atoms with E-state index >= 15 is 0 Å². The Morgan fingerprint density at radius 3 is 2.61 bits per heavy atom. The molecule has 0 atom stereocenters. The Bertz CT molecular complexity index is 992. The normalized spacial score (nSPS) is 12.2. The van der Waals surface area contributed by atoms with E-state index in [9.17, 15) is 5.11 Å². The number of phenols is 1. The first-order chi connectivity index (χ1) is 13.2. The minimum atomic E-state index is -0.0592. The molecule has 1 aromatic carbocycles. The van der Waals surface area contributed by atoms with Gasteiger partial charge in [0.05, 0.1) is 29.3 Å². The smallest absolute Gasteiger partial charge is 0.160 e. The number of phenolic OH excluding ortho intramolecular Hbond substituents is 1. The molecule has 0 fully saturated rings. The maximum Gasteiger partial charge on any atom is 0.160 e. The lowest BCUT2D eigenvalue weighted by Crippen LogP contribution is -2.19. The van der Waals surface area contributed by atoms with E-state index < -0.39 is 0 Å². The first-order valence-corrected chi connectivity index (χ1v) is 9.68. The van der Waals surface area contributed by atoms with Gasteiger partial charge < -0.3 is 5.11 Å². The number of halogens is 2. The van der Waals surface area contributed by atoms with Gasteiger partial charge in [-0.05, 0) is 30.7 Å². The maximum atomic E-state index is 10.2. The SMILES string of the molecule is [B]CC(C)(C)Cn1cc(CN(C)Cc2ccc3c(Cl)cc(Cl)c(O)c3n2)nn1. The summed E-state index contributed by atoms with van der Waals surface area (Å²) in [4.78, 5) is 6.60. The fourth-order valence-corrected chi connectivity index (χ4v) is 3.45. The second-order valence-corrected chi connectivity index (χ2v) is 8.65. The number of hydrogen-bond donors (Lipinski definition) is 1. The molecule has 0 aliphatic heterocycles. The van der Waals surface area contributed by atoms with Crippen LogP contribution < -0.4 is 0 Å². The van der Waals surface area contributed by atoms with Crippen LogP contribution in [0.15, 0.2) is 24.4 Å². The number of aromatic hydroxyl groups is 1. The van der Waals surface area contributed by atoms with Gasteiger partial charge in [0.1, 0.15) is 5.52 Å². The van der Waals surface area contributed by atoms with Gasteiger partial charge in [0.2, 0.25) is 0 Å². The van der Waals surface area contributed by atoms with Gasteiger partial charge in [-0.1, -0.05) is 48.6 Å². The molecule has 0 bridgehead atoms. The molecule has 146 valence electrons. The van der Waals surface area contributed by atoms with Crippen LogP contribution in [0, 0.1) is 5.41 Å². The van der Waals surface area contributed by atoms with Gasteiger partial charge in [0.15, 0.2) is 5.75 Å². The molecule has 0 saturated heterocycles. The van der Waals surface area contributed by atoms with Crippen molar-refractivity contribution < 1.29 is 5.11 Å². The van der Waals surface area contributed by atoms with Crippen molar-refractivity contribution >= 4 is 42.0 Å². The summed E-state index contributed by atoms with van der Waals surface area (Å²) < 4.78 is 1.83. The van der Waals surface area contributed by atoms with Crippen LogP contribution in [0.5, 0.6) is 5.75 Å². The maximum absolute atomic E-state index is 10.2. The third-order valence-corrected chi connectivity index (χ3v) is 5.11. The fraction of sp³-hybridized carbons (Fsp3) is 0.421. The Hall–Kier alpha value is -1.83. The molecule has 0 saturated carbocycles. The predicted octanol–water partition coefficient (Wildman–Crippen LogP) is 4.08. The van der Waals surface area contributed by atoms with Crippen LogP contribution >= 0.6 is 23.2 Å². The van der Waals surface area contributed by atoms with Gasteiger partial charge in [-0.15, -0.1) is 5.10 Å². The summed E-state index contributed by atoms with van der Waals surface area (Å²) in [6.45, 7) is 6.10. The molecular weight excluding hydrogens is 396 g/mol. The monoisotopic (exact) mass is 417 g/mol. The van der Waals surface area contributed by atoms with Gasteiger partial charge in [0, 0.05) is 31.2 Å². The van der Waals surface area contributed by atoms with Crippen LogP contribution in [-0.4, -0.2) is 44.9 Å². The molecule has 0 spiro atoms. The molecule has 2 radical (unpaired) electrons.